The minimum atomic E-state index is 0.826. The van der Waals surface area contributed by atoms with Crippen LogP contribution in [0.5, 0.6) is 5.75 Å². The molecule has 0 aromatic heterocycles. The van der Waals surface area contributed by atoms with Crippen LogP contribution in [0.1, 0.15) is 110 Å². The van der Waals surface area contributed by atoms with E-state index >= 15 is 0 Å². The first-order valence-corrected chi connectivity index (χ1v) is 12.4. The lowest BCUT2D eigenvalue weighted by atomic mass is 10.0. The van der Waals surface area contributed by atoms with E-state index in [0.29, 0.717) is 0 Å². The van der Waals surface area contributed by atoms with Gasteiger partial charge in [-0.3, -0.25) is 0 Å². The Balaban J connectivity index is 1.35. The van der Waals surface area contributed by atoms with Crippen LogP contribution in [0, 0.1) is 6.07 Å². The Hall–Kier alpha value is -1.50. The van der Waals surface area contributed by atoms with Gasteiger partial charge in [0.1, 0.15) is 5.75 Å². The van der Waals surface area contributed by atoms with Crippen molar-refractivity contribution >= 4 is 10.8 Å². The van der Waals surface area contributed by atoms with Crippen LogP contribution in [0.3, 0.4) is 0 Å². The van der Waals surface area contributed by atoms with Crippen LogP contribution >= 0.6 is 0 Å². The van der Waals surface area contributed by atoms with Gasteiger partial charge in [0.25, 0.3) is 0 Å². The van der Waals surface area contributed by atoms with E-state index in [4.69, 9.17) is 4.74 Å². The molecule has 0 spiro atoms. The van der Waals surface area contributed by atoms with Crippen molar-refractivity contribution in [3.05, 3.63) is 42.5 Å². The average molecular weight is 396 g/mol. The highest BCUT2D eigenvalue weighted by Gasteiger charge is 2.01. The summed E-state index contributed by atoms with van der Waals surface area (Å²) in [6, 6.07) is 15.6. The SMILES string of the molecule is CCCCCCCCCCCCCCCCCCOc1cccc2[c]cccc12. The Bertz CT molecular complexity index is 628. The van der Waals surface area contributed by atoms with Gasteiger partial charge in [-0.05, 0) is 23.9 Å². The predicted octanol–water partition coefficient (Wildman–Crippen LogP) is 9.28. The highest BCUT2D eigenvalue weighted by Crippen LogP contribution is 2.25. The van der Waals surface area contributed by atoms with E-state index in [1.807, 2.05) is 12.1 Å². The summed E-state index contributed by atoms with van der Waals surface area (Å²) in [5, 5.41) is 2.31. The Morgan fingerprint density at radius 1 is 0.621 bits per heavy atom. The molecule has 2 aromatic rings. The average Bonchev–Trinajstić information content (AvgIpc) is 2.76. The topological polar surface area (TPSA) is 9.23 Å². The van der Waals surface area contributed by atoms with Crippen molar-refractivity contribution in [2.24, 2.45) is 0 Å². The molecular weight excluding hydrogens is 352 g/mol. The van der Waals surface area contributed by atoms with Gasteiger partial charge in [0.2, 0.25) is 0 Å². The summed E-state index contributed by atoms with van der Waals surface area (Å²) < 4.78 is 6.02. The second-order valence-corrected chi connectivity index (χ2v) is 8.54. The second-order valence-electron chi connectivity index (χ2n) is 8.54. The van der Waals surface area contributed by atoms with E-state index in [1.165, 1.54) is 102 Å². The monoisotopic (exact) mass is 395 g/mol. The van der Waals surface area contributed by atoms with Crippen molar-refractivity contribution in [1.82, 2.24) is 0 Å². The van der Waals surface area contributed by atoms with Crippen LogP contribution in [0.2, 0.25) is 0 Å². The summed E-state index contributed by atoms with van der Waals surface area (Å²) >= 11 is 0. The number of ether oxygens (including phenoxy) is 1. The molecule has 29 heavy (non-hydrogen) atoms. The summed E-state index contributed by atoms with van der Waals surface area (Å²) in [7, 11) is 0. The zero-order valence-corrected chi connectivity index (χ0v) is 18.9. The van der Waals surface area contributed by atoms with E-state index in [0.717, 1.165) is 24.2 Å². The summed E-state index contributed by atoms with van der Waals surface area (Å²) in [6.45, 7) is 3.12. The van der Waals surface area contributed by atoms with Gasteiger partial charge in [-0.25, -0.2) is 0 Å². The quantitative estimate of drug-likeness (QED) is 0.228. The molecule has 1 heteroatoms. The van der Waals surface area contributed by atoms with Crippen LogP contribution in [0.25, 0.3) is 10.8 Å². The van der Waals surface area contributed by atoms with Crippen molar-refractivity contribution in [2.75, 3.05) is 6.61 Å². The van der Waals surface area contributed by atoms with Gasteiger partial charge in [-0.2, -0.15) is 0 Å². The normalized spacial score (nSPS) is 11.2. The minimum Gasteiger partial charge on any atom is -0.493 e. The first kappa shape index (κ1) is 23.8. The summed E-state index contributed by atoms with van der Waals surface area (Å²) in [5.41, 5.74) is 0. The van der Waals surface area contributed by atoms with E-state index in [1.54, 1.807) is 0 Å². The number of benzene rings is 2. The van der Waals surface area contributed by atoms with Gasteiger partial charge in [0, 0.05) is 5.39 Å². The fourth-order valence-corrected chi connectivity index (χ4v) is 4.08. The molecule has 0 bridgehead atoms. The molecule has 0 saturated carbocycles. The molecular formula is C28H43O. The molecule has 2 aromatic carbocycles. The molecule has 0 N–H and O–H groups in total. The third-order valence-corrected chi connectivity index (χ3v) is 5.92. The van der Waals surface area contributed by atoms with Crippen molar-refractivity contribution in [1.29, 1.82) is 0 Å². The maximum Gasteiger partial charge on any atom is 0.127 e. The molecule has 0 heterocycles. The van der Waals surface area contributed by atoms with Crippen molar-refractivity contribution in [3.8, 4) is 5.75 Å². The summed E-state index contributed by atoms with van der Waals surface area (Å²) in [6.07, 6.45) is 22.4. The van der Waals surface area contributed by atoms with Crippen LogP contribution in [0.4, 0.5) is 0 Å². The lowest BCUT2D eigenvalue weighted by molar-refractivity contribution is 0.307. The van der Waals surface area contributed by atoms with Crippen LogP contribution in [0.15, 0.2) is 36.4 Å². The van der Waals surface area contributed by atoms with Gasteiger partial charge >= 0.3 is 0 Å². The zero-order valence-electron chi connectivity index (χ0n) is 18.9. The summed E-state index contributed by atoms with van der Waals surface area (Å²) in [4.78, 5) is 0. The standard InChI is InChI=1S/C28H43O/c1-2-3-4-5-6-7-8-9-10-11-12-13-14-15-16-19-25-29-28-24-20-22-26-21-17-18-23-27(26)28/h17-18,20,22-24H,2-16,19,25H2,1H3. The molecule has 0 aliphatic rings. The zero-order chi connectivity index (χ0) is 20.4. The predicted molar refractivity (Wildman–Crippen MR) is 128 cm³/mol. The molecule has 2 rings (SSSR count). The van der Waals surface area contributed by atoms with Gasteiger partial charge in [0.05, 0.1) is 6.61 Å². The number of rotatable bonds is 18. The molecule has 0 aliphatic heterocycles. The maximum absolute atomic E-state index is 6.02. The molecule has 161 valence electrons. The lowest BCUT2D eigenvalue weighted by Crippen LogP contribution is -1.97. The van der Waals surface area contributed by atoms with Gasteiger partial charge in [-0.15, -0.1) is 0 Å². The molecule has 1 radical (unpaired) electrons. The largest absolute Gasteiger partial charge is 0.493 e. The second kappa shape index (κ2) is 16.3. The van der Waals surface area contributed by atoms with E-state index in [-0.39, 0.29) is 0 Å². The van der Waals surface area contributed by atoms with Crippen LogP contribution in [-0.4, -0.2) is 6.61 Å². The van der Waals surface area contributed by atoms with Gasteiger partial charge in [-0.1, -0.05) is 134 Å². The van der Waals surface area contributed by atoms with Crippen molar-refractivity contribution in [2.45, 2.75) is 110 Å². The molecule has 0 amide bonds. The van der Waals surface area contributed by atoms with Crippen LogP contribution < -0.4 is 4.74 Å². The van der Waals surface area contributed by atoms with Gasteiger partial charge < -0.3 is 4.74 Å². The Morgan fingerprint density at radius 2 is 1.17 bits per heavy atom. The fourth-order valence-electron chi connectivity index (χ4n) is 4.08. The van der Waals surface area contributed by atoms with E-state index in [2.05, 4.69) is 37.3 Å². The lowest BCUT2D eigenvalue weighted by Gasteiger charge is -2.09. The van der Waals surface area contributed by atoms with Gasteiger partial charge in [0.15, 0.2) is 0 Å². The van der Waals surface area contributed by atoms with E-state index in [9.17, 15) is 0 Å². The number of unbranched alkanes of at least 4 members (excludes halogenated alkanes) is 15. The summed E-state index contributed by atoms with van der Waals surface area (Å²) in [5.74, 6) is 1.00. The third kappa shape index (κ3) is 10.7. The first-order valence-electron chi connectivity index (χ1n) is 12.4. The molecule has 0 atom stereocenters. The van der Waals surface area contributed by atoms with Crippen LogP contribution in [-0.2, 0) is 0 Å². The molecule has 0 fully saturated rings. The Kier molecular flexibility index (Phi) is 13.4. The minimum absolute atomic E-state index is 0.826. The Morgan fingerprint density at radius 3 is 1.76 bits per heavy atom. The fraction of sp³-hybridized carbons (Fsp3) is 0.643. The molecule has 0 saturated heterocycles. The third-order valence-electron chi connectivity index (χ3n) is 5.92. The Labute approximate surface area is 180 Å². The number of fused-ring (bicyclic) bond motifs is 1. The van der Waals surface area contributed by atoms with Crippen molar-refractivity contribution in [3.63, 3.8) is 0 Å². The molecule has 0 unspecified atom stereocenters. The highest BCUT2D eigenvalue weighted by molar-refractivity contribution is 5.87. The maximum atomic E-state index is 6.02. The number of hydrogen-bond acceptors (Lipinski definition) is 1. The number of hydrogen-bond donors (Lipinski definition) is 0. The molecule has 0 aliphatic carbocycles. The smallest absolute Gasteiger partial charge is 0.127 e. The molecule has 1 nitrogen and oxygen atoms in total. The van der Waals surface area contributed by atoms with Crippen molar-refractivity contribution < 1.29 is 4.74 Å². The van der Waals surface area contributed by atoms with E-state index < -0.39 is 0 Å². The highest BCUT2D eigenvalue weighted by atomic mass is 16.5. The first-order chi connectivity index (χ1) is 14.4.